The molecule has 2 aliphatic rings. The summed E-state index contributed by atoms with van der Waals surface area (Å²) in [6.07, 6.45) is 18.2. The molecular weight excluding hydrogens is 539 g/mol. The summed E-state index contributed by atoms with van der Waals surface area (Å²) >= 11 is 0. The van der Waals surface area contributed by atoms with Gasteiger partial charge in [-0.15, -0.1) is 0 Å². The first-order chi connectivity index (χ1) is 20.8. The van der Waals surface area contributed by atoms with Crippen LogP contribution in [0.4, 0.5) is 4.39 Å². The number of piperidine rings is 1. The number of pyridine rings is 1. The quantitative estimate of drug-likeness (QED) is 0.242. The van der Waals surface area contributed by atoms with Crippen LogP contribution in [0.2, 0.25) is 0 Å². The molecule has 1 saturated heterocycles. The van der Waals surface area contributed by atoms with Crippen LogP contribution in [0.25, 0.3) is 16.7 Å². The second kappa shape index (κ2) is 18.8. The molecule has 234 valence electrons. The number of rotatable bonds is 8. The van der Waals surface area contributed by atoms with Gasteiger partial charge in [0.1, 0.15) is 5.82 Å². The summed E-state index contributed by atoms with van der Waals surface area (Å²) in [7, 11) is 0. The summed E-state index contributed by atoms with van der Waals surface area (Å²) in [5, 5.41) is 0. The van der Waals surface area contributed by atoms with E-state index in [1.165, 1.54) is 83.4 Å². The van der Waals surface area contributed by atoms with Gasteiger partial charge in [-0.05, 0) is 117 Å². The number of benzene rings is 2. The topological polar surface area (TPSA) is 16.1 Å². The van der Waals surface area contributed by atoms with Crippen LogP contribution in [-0.4, -0.2) is 23.0 Å². The molecule has 1 aliphatic heterocycles. The molecule has 2 nitrogen and oxygen atoms in total. The molecule has 44 heavy (non-hydrogen) atoms. The van der Waals surface area contributed by atoms with Crippen molar-refractivity contribution in [2.45, 2.75) is 80.7 Å². The van der Waals surface area contributed by atoms with E-state index in [2.05, 4.69) is 60.3 Å². The van der Waals surface area contributed by atoms with E-state index >= 15 is 0 Å². The molecule has 0 atom stereocenters. The first-order valence-electron chi connectivity index (χ1n) is 15.7. The molecule has 1 aliphatic carbocycles. The molecule has 2 heterocycles. The maximum absolute atomic E-state index is 12.7. The molecule has 0 spiro atoms. The fraction of sp³-hybridized carbons (Fsp3) is 0.341. The monoisotopic (exact) mass is 592 g/mol. The van der Waals surface area contributed by atoms with Gasteiger partial charge < -0.3 is 0 Å². The van der Waals surface area contributed by atoms with E-state index in [-0.39, 0.29) is 13.2 Å². The zero-order valence-electron chi connectivity index (χ0n) is 26.9. The van der Waals surface area contributed by atoms with Crippen LogP contribution in [0.1, 0.15) is 83.6 Å². The highest BCUT2D eigenvalue weighted by Crippen LogP contribution is 2.35. The number of hydrogen-bond donors (Lipinski definition) is 0. The number of nitrogens with zero attached hydrogens (tertiary/aromatic N) is 2. The Labute approximate surface area is 267 Å². The van der Waals surface area contributed by atoms with E-state index in [1.54, 1.807) is 12.1 Å². The van der Waals surface area contributed by atoms with Crippen LogP contribution in [-0.2, 0) is 19.4 Å². The number of halogens is 1. The van der Waals surface area contributed by atoms with Gasteiger partial charge in [0.2, 0.25) is 0 Å². The van der Waals surface area contributed by atoms with Gasteiger partial charge >= 0.3 is 0 Å². The van der Waals surface area contributed by atoms with E-state index < -0.39 is 0 Å². The molecule has 0 unspecified atom stereocenters. The summed E-state index contributed by atoms with van der Waals surface area (Å²) < 4.78 is 12.7. The van der Waals surface area contributed by atoms with Gasteiger partial charge in [0.15, 0.2) is 0 Å². The van der Waals surface area contributed by atoms with Crippen LogP contribution in [0.5, 0.6) is 0 Å². The van der Waals surface area contributed by atoms with E-state index in [0.29, 0.717) is 0 Å². The molecule has 3 aromatic rings. The number of allylic oxidation sites excluding steroid dienone is 8. The normalized spacial score (nSPS) is 14.3. The number of aromatic nitrogens is 1. The standard InChI is InChI=1S/C23H26N2.C15H17F.C2H6.CH4/c1-17(2)22-9-8-19-6-7-20(13-23(19)22)21-12-18(14-24-15-21)16-25-10-4-3-5-11-25;1-4-12(2)5-6-13(3)11-14-7-9-15(16)10-8-14;1-2;/h6-7,9,12-15H,1,3-5,8,10-11,16H2,2H3;4-10H,3,11H2,1-2H3;1-2H3;1H4/b;6-5-,12-4-;;. The van der Waals surface area contributed by atoms with Crippen molar-refractivity contribution < 1.29 is 4.39 Å². The van der Waals surface area contributed by atoms with Crippen molar-refractivity contribution in [1.82, 2.24) is 9.88 Å². The van der Waals surface area contributed by atoms with Crippen molar-refractivity contribution in [2.75, 3.05) is 13.1 Å². The molecule has 2 aromatic carbocycles. The second-order valence-corrected chi connectivity index (χ2v) is 11.2. The van der Waals surface area contributed by atoms with E-state index in [1.807, 2.05) is 58.3 Å². The average Bonchev–Trinajstić information content (AvgIpc) is 3.47. The number of hydrogen-bond acceptors (Lipinski definition) is 2. The molecule has 1 fully saturated rings. The van der Waals surface area contributed by atoms with E-state index in [9.17, 15) is 4.39 Å². The summed E-state index contributed by atoms with van der Waals surface area (Å²) in [6, 6.07) is 15.6. The summed E-state index contributed by atoms with van der Waals surface area (Å²) in [5.41, 5.74) is 12.3. The Morgan fingerprint density at radius 1 is 0.886 bits per heavy atom. The lowest BCUT2D eigenvalue weighted by atomic mass is 9.96. The third kappa shape index (κ3) is 11.0. The van der Waals surface area contributed by atoms with Crippen LogP contribution in [0.15, 0.2) is 115 Å². The van der Waals surface area contributed by atoms with Crippen molar-refractivity contribution in [3.63, 3.8) is 0 Å². The lowest BCUT2D eigenvalue weighted by Gasteiger charge is -2.26. The smallest absolute Gasteiger partial charge is 0.123 e. The Bertz CT molecular complexity index is 1450. The molecule has 0 saturated carbocycles. The highest BCUT2D eigenvalue weighted by Gasteiger charge is 2.16. The third-order valence-corrected chi connectivity index (χ3v) is 7.75. The Hall–Kier alpha value is -3.82. The molecular formula is C41H53FN2. The Balaban J connectivity index is 0.000000310. The zero-order valence-corrected chi connectivity index (χ0v) is 26.9. The van der Waals surface area contributed by atoms with Crippen LogP contribution in [0, 0.1) is 5.82 Å². The molecule has 0 radical (unpaired) electrons. The minimum absolute atomic E-state index is 0. The van der Waals surface area contributed by atoms with Crippen molar-refractivity contribution in [3.8, 4) is 11.1 Å². The van der Waals surface area contributed by atoms with Crippen molar-refractivity contribution in [1.29, 1.82) is 0 Å². The lowest BCUT2D eigenvalue weighted by Crippen LogP contribution is -2.29. The van der Waals surface area contributed by atoms with Crippen LogP contribution >= 0.6 is 0 Å². The summed E-state index contributed by atoms with van der Waals surface area (Å²) in [4.78, 5) is 7.07. The highest BCUT2D eigenvalue weighted by molar-refractivity contribution is 5.85. The summed E-state index contributed by atoms with van der Waals surface area (Å²) in [6.45, 7) is 21.7. The van der Waals surface area contributed by atoms with Crippen LogP contribution in [0.3, 0.4) is 0 Å². The first-order valence-corrected chi connectivity index (χ1v) is 15.7. The lowest BCUT2D eigenvalue weighted by molar-refractivity contribution is 0.220. The molecule has 5 rings (SSSR count). The van der Waals surface area contributed by atoms with Crippen molar-refractivity contribution in [3.05, 3.63) is 143 Å². The SMILES string of the molecule is C.C=C(/C=C\C(C)=C/C)Cc1ccc(F)cc1.C=C(C)C1=CCc2ccc(-c3cncc(CN4CCCCC4)c3)cc21.CC. The Morgan fingerprint density at radius 2 is 1.59 bits per heavy atom. The average molecular weight is 593 g/mol. The minimum Gasteiger partial charge on any atom is -0.299 e. The fourth-order valence-corrected chi connectivity index (χ4v) is 5.29. The molecule has 1 aromatic heterocycles. The predicted octanol–water partition coefficient (Wildman–Crippen LogP) is 11.4. The highest BCUT2D eigenvalue weighted by atomic mass is 19.1. The molecule has 0 N–H and O–H groups in total. The molecule has 0 amide bonds. The van der Waals surface area contributed by atoms with Gasteiger partial charge in [-0.2, -0.15) is 0 Å². The van der Waals surface area contributed by atoms with Gasteiger partial charge in [-0.1, -0.05) is 106 Å². The van der Waals surface area contributed by atoms with E-state index in [0.717, 1.165) is 36.1 Å². The van der Waals surface area contributed by atoms with Gasteiger partial charge in [0.25, 0.3) is 0 Å². The number of likely N-dealkylation sites (tertiary alicyclic amines) is 1. The maximum Gasteiger partial charge on any atom is 0.123 e. The maximum atomic E-state index is 12.7. The van der Waals surface area contributed by atoms with Gasteiger partial charge in [-0.3, -0.25) is 9.88 Å². The molecule has 3 heteroatoms. The Kier molecular flexibility index (Phi) is 15.5. The van der Waals surface area contributed by atoms with Gasteiger partial charge in [0, 0.05) is 24.5 Å². The first kappa shape index (κ1) is 36.4. The molecule has 0 bridgehead atoms. The van der Waals surface area contributed by atoms with Crippen molar-refractivity contribution >= 4 is 5.57 Å². The van der Waals surface area contributed by atoms with E-state index in [4.69, 9.17) is 0 Å². The largest absolute Gasteiger partial charge is 0.299 e. The van der Waals surface area contributed by atoms with Gasteiger partial charge in [0.05, 0.1) is 0 Å². The fourth-order valence-electron chi connectivity index (χ4n) is 5.29. The van der Waals surface area contributed by atoms with Crippen molar-refractivity contribution in [2.24, 2.45) is 0 Å². The number of fused-ring (bicyclic) bond motifs is 1. The second-order valence-electron chi connectivity index (χ2n) is 11.2. The summed E-state index contributed by atoms with van der Waals surface area (Å²) in [5.74, 6) is -0.199. The third-order valence-electron chi connectivity index (χ3n) is 7.75. The Morgan fingerprint density at radius 3 is 2.25 bits per heavy atom. The minimum atomic E-state index is -0.199. The van der Waals surface area contributed by atoms with Crippen LogP contribution < -0.4 is 0 Å². The predicted molar refractivity (Wildman–Crippen MR) is 191 cm³/mol. The van der Waals surface area contributed by atoms with Gasteiger partial charge in [-0.25, -0.2) is 4.39 Å². The zero-order chi connectivity index (χ0) is 31.2.